The number of rotatable bonds is 4. The van der Waals surface area contributed by atoms with Gasteiger partial charge in [-0.3, -0.25) is 0 Å². The van der Waals surface area contributed by atoms with E-state index in [2.05, 4.69) is 13.0 Å². The molecule has 2 aromatic carbocycles. The smallest absolute Gasteiger partial charge is 0.236 e. The standard InChI is InChI=1S/C21H22F3.Y/c1-14-5-7-15(8-6-14)9-10-16-11-19(23)21(20(24)12-16)17-3-2-4-18(22)13-17;/h2-3,11-15H,5-10H2,1H3;/q-1;+3. The Balaban J connectivity index is 0.00000225. The minimum absolute atomic E-state index is 0. The molecule has 0 nitrogen and oxygen atoms in total. The van der Waals surface area contributed by atoms with Gasteiger partial charge in [-0.15, -0.1) is 17.7 Å². The molecule has 0 heterocycles. The van der Waals surface area contributed by atoms with Crippen LogP contribution in [0.5, 0.6) is 0 Å². The van der Waals surface area contributed by atoms with Gasteiger partial charge >= 0.3 is 32.7 Å². The van der Waals surface area contributed by atoms with E-state index in [4.69, 9.17) is 0 Å². The summed E-state index contributed by atoms with van der Waals surface area (Å²) in [5.74, 6) is -0.424. The van der Waals surface area contributed by atoms with Gasteiger partial charge in [-0.25, -0.2) is 13.2 Å². The van der Waals surface area contributed by atoms with Crippen molar-refractivity contribution in [2.45, 2.75) is 45.4 Å². The number of benzene rings is 2. The van der Waals surface area contributed by atoms with Gasteiger partial charge in [0.25, 0.3) is 0 Å². The fourth-order valence-electron chi connectivity index (χ4n) is 3.63. The third kappa shape index (κ3) is 5.40. The summed E-state index contributed by atoms with van der Waals surface area (Å²) in [4.78, 5) is 0. The summed E-state index contributed by atoms with van der Waals surface area (Å²) in [6.45, 7) is 2.28. The van der Waals surface area contributed by atoms with E-state index in [0.717, 1.165) is 18.4 Å². The van der Waals surface area contributed by atoms with Crippen LogP contribution in [0.1, 0.15) is 44.6 Å². The maximum Gasteiger partial charge on any atom is 3.00 e. The van der Waals surface area contributed by atoms with Crippen molar-refractivity contribution in [2.24, 2.45) is 11.8 Å². The predicted octanol–water partition coefficient (Wildman–Crippen LogP) is 6.33. The molecule has 0 radical (unpaired) electrons. The van der Waals surface area contributed by atoms with Gasteiger partial charge in [-0.1, -0.05) is 32.6 Å². The Kier molecular flexibility index (Phi) is 7.70. The van der Waals surface area contributed by atoms with Gasteiger partial charge in [0, 0.05) is 11.4 Å². The Hall–Kier alpha value is -0.666. The van der Waals surface area contributed by atoms with Crippen molar-refractivity contribution < 1.29 is 45.9 Å². The second kappa shape index (κ2) is 9.32. The number of halogens is 3. The van der Waals surface area contributed by atoms with Crippen molar-refractivity contribution in [3.8, 4) is 11.1 Å². The van der Waals surface area contributed by atoms with Crippen LogP contribution in [0.4, 0.5) is 13.2 Å². The molecule has 0 unspecified atom stereocenters. The normalized spacial score (nSPS) is 20.2. The molecule has 2 aromatic rings. The first-order valence-electron chi connectivity index (χ1n) is 8.68. The average molecular weight is 420 g/mol. The van der Waals surface area contributed by atoms with Crippen molar-refractivity contribution in [3.05, 3.63) is 59.4 Å². The Morgan fingerprint density at radius 1 is 1.00 bits per heavy atom. The third-order valence-corrected chi connectivity index (χ3v) is 5.13. The Labute approximate surface area is 173 Å². The van der Waals surface area contributed by atoms with Gasteiger partial charge in [0.15, 0.2) is 0 Å². The molecule has 128 valence electrons. The van der Waals surface area contributed by atoms with Crippen LogP contribution < -0.4 is 0 Å². The van der Waals surface area contributed by atoms with Crippen LogP contribution in [0.3, 0.4) is 0 Å². The second-order valence-corrected chi connectivity index (χ2v) is 7.02. The van der Waals surface area contributed by atoms with E-state index in [1.165, 1.54) is 49.9 Å². The van der Waals surface area contributed by atoms with Crippen molar-refractivity contribution in [1.29, 1.82) is 0 Å². The Morgan fingerprint density at radius 3 is 2.24 bits per heavy atom. The topological polar surface area (TPSA) is 0 Å². The number of hydrogen-bond acceptors (Lipinski definition) is 0. The first kappa shape index (κ1) is 20.6. The largest absolute Gasteiger partial charge is 3.00 e. The van der Waals surface area contributed by atoms with Gasteiger partial charge in [0.05, 0.1) is 0 Å². The van der Waals surface area contributed by atoms with Gasteiger partial charge < -0.3 is 0 Å². The van der Waals surface area contributed by atoms with Crippen LogP contribution in [0, 0.1) is 35.4 Å². The molecule has 25 heavy (non-hydrogen) atoms. The van der Waals surface area contributed by atoms with E-state index in [1.807, 2.05) is 0 Å². The summed E-state index contributed by atoms with van der Waals surface area (Å²) in [6.07, 6.45) is 6.59. The molecular formula is C21H22F3Y+2. The van der Waals surface area contributed by atoms with Crippen LogP contribution in [0.15, 0.2) is 30.3 Å². The van der Waals surface area contributed by atoms with Crippen molar-refractivity contribution in [2.75, 3.05) is 0 Å². The number of hydrogen-bond donors (Lipinski definition) is 0. The van der Waals surface area contributed by atoms with Crippen molar-refractivity contribution >= 4 is 0 Å². The van der Waals surface area contributed by atoms with E-state index in [0.29, 0.717) is 17.9 Å². The molecule has 0 aromatic heterocycles. The molecule has 1 aliphatic rings. The molecular weight excluding hydrogens is 398 g/mol. The van der Waals surface area contributed by atoms with Crippen LogP contribution in [0.2, 0.25) is 0 Å². The van der Waals surface area contributed by atoms with Crippen molar-refractivity contribution in [3.63, 3.8) is 0 Å². The van der Waals surface area contributed by atoms with E-state index in [1.54, 1.807) is 0 Å². The summed E-state index contributed by atoms with van der Waals surface area (Å²) < 4.78 is 42.0. The second-order valence-electron chi connectivity index (χ2n) is 7.02. The summed E-state index contributed by atoms with van der Waals surface area (Å²) in [7, 11) is 0. The maximum absolute atomic E-state index is 14.4. The van der Waals surface area contributed by atoms with Crippen LogP contribution >= 0.6 is 0 Å². The molecule has 3 rings (SSSR count). The fraction of sp³-hybridized carbons (Fsp3) is 0.429. The zero-order valence-corrected chi connectivity index (χ0v) is 17.3. The minimum atomic E-state index is -0.632. The molecule has 0 spiro atoms. The first-order valence-corrected chi connectivity index (χ1v) is 8.68. The minimum Gasteiger partial charge on any atom is -0.236 e. The predicted molar refractivity (Wildman–Crippen MR) is 90.0 cm³/mol. The van der Waals surface area contributed by atoms with E-state index >= 15 is 0 Å². The SMILES string of the molecule is CC1CCC(CCc2cc(F)c(-c3cc[c-]c(F)c3)c(F)c2)CC1.[Y+3]. The molecule has 0 bridgehead atoms. The molecule has 0 N–H and O–H groups in total. The van der Waals surface area contributed by atoms with E-state index in [9.17, 15) is 13.2 Å². The molecule has 0 atom stereocenters. The summed E-state index contributed by atoms with van der Waals surface area (Å²) >= 11 is 0. The summed E-state index contributed by atoms with van der Waals surface area (Å²) in [5, 5.41) is 0. The molecule has 1 aliphatic carbocycles. The van der Waals surface area contributed by atoms with Crippen LogP contribution in [-0.2, 0) is 39.1 Å². The Bertz CT molecular complexity index is 683. The maximum atomic E-state index is 14.4. The molecule has 4 heteroatoms. The third-order valence-electron chi connectivity index (χ3n) is 5.13. The quantitative estimate of drug-likeness (QED) is 0.508. The molecule has 1 fully saturated rings. The van der Waals surface area contributed by atoms with Crippen molar-refractivity contribution in [1.82, 2.24) is 0 Å². The van der Waals surface area contributed by atoms with Gasteiger partial charge in [0.2, 0.25) is 0 Å². The summed E-state index contributed by atoms with van der Waals surface area (Å²) in [6, 6.07) is 9.02. The zero-order chi connectivity index (χ0) is 17.1. The summed E-state index contributed by atoms with van der Waals surface area (Å²) in [5.41, 5.74) is 0.711. The fourth-order valence-corrected chi connectivity index (χ4v) is 3.63. The van der Waals surface area contributed by atoms with Crippen LogP contribution in [0.25, 0.3) is 11.1 Å². The zero-order valence-electron chi connectivity index (χ0n) is 14.5. The molecule has 1 saturated carbocycles. The first-order chi connectivity index (χ1) is 11.5. The Morgan fingerprint density at radius 2 is 1.64 bits per heavy atom. The molecule has 0 aliphatic heterocycles. The van der Waals surface area contributed by atoms with E-state index in [-0.39, 0.29) is 43.8 Å². The molecule has 0 amide bonds. The van der Waals surface area contributed by atoms with Gasteiger partial charge in [0.1, 0.15) is 11.6 Å². The van der Waals surface area contributed by atoms with Gasteiger partial charge in [-0.05, 0) is 42.4 Å². The van der Waals surface area contributed by atoms with E-state index < -0.39 is 17.5 Å². The molecule has 0 saturated heterocycles. The number of aryl methyl sites for hydroxylation is 1. The van der Waals surface area contributed by atoms with Gasteiger partial charge in [-0.2, -0.15) is 12.1 Å². The average Bonchev–Trinajstić information content (AvgIpc) is 2.54. The van der Waals surface area contributed by atoms with Crippen LogP contribution in [-0.4, -0.2) is 0 Å². The monoisotopic (exact) mass is 420 g/mol.